The maximum absolute atomic E-state index is 12.9. The number of piperazine rings is 1. The molecule has 2 aromatic carbocycles. The summed E-state index contributed by atoms with van der Waals surface area (Å²) in [7, 11) is 2.07. The van der Waals surface area contributed by atoms with E-state index in [-0.39, 0.29) is 11.5 Å². The first-order chi connectivity index (χ1) is 14.1. The first-order valence-corrected chi connectivity index (χ1v) is 9.81. The number of hydrogen-bond donors (Lipinski definition) is 2. The number of carbonyl (C=O) groups is 1. The number of benzene rings is 2. The van der Waals surface area contributed by atoms with Crippen LogP contribution in [0.25, 0.3) is 33.1 Å². The van der Waals surface area contributed by atoms with Crippen LogP contribution in [0.5, 0.6) is 0 Å². The van der Waals surface area contributed by atoms with Crippen LogP contribution in [0.15, 0.2) is 59.4 Å². The number of rotatable bonds is 2. The second-order valence-electron chi connectivity index (χ2n) is 7.68. The number of fused-ring (bicyclic) bond motifs is 2. The molecule has 0 unspecified atom stereocenters. The summed E-state index contributed by atoms with van der Waals surface area (Å²) in [6.45, 7) is 3.28. The molecule has 0 bridgehead atoms. The van der Waals surface area contributed by atoms with Gasteiger partial charge in [0.1, 0.15) is 0 Å². The van der Waals surface area contributed by atoms with Crippen LogP contribution >= 0.6 is 0 Å². The largest absolute Gasteiger partial charge is 0.354 e. The SMILES string of the molecule is CN1CCN(C(=O)c2ccc3cc(-c4cc5ccccc5[nH]c4=O)[nH]c3c2)CC1. The molecule has 0 saturated carbocycles. The maximum Gasteiger partial charge on any atom is 0.257 e. The predicted molar refractivity (Wildman–Crippen MR) is 115 cm³/mol. The second-order valence-corrected chi connectivity index (χ2v) is 7.68. The Labute approximate surface area is 167 Å². The smallest absolute Gasteiger partial charge is 0.257 e. The average molecular weight is 386 g/mol. The Balaban J connectivity index is 1.51. The Kier molecular flexibility index (Phi) is 4.21. The summed E-state index contributed by atoms with van der Waals surface area (Å²) in [6, 6.07) is 17.3. The van der Waals surface area contributed by atoms with Crippen LogP contribution in [0, 0.1) is 0 Å². The molecule has 0 radical (unpaired) electrons. The minimum absolute atomic E-state index is 0.0553. The highest BCUT2D eigenvalue weighted by Crippen LogP contribution is 2.25. The molecule has 146 valence electrons. The molecule has 1 amide bonds. The normalized spacial score (nSPS) is 15.3. The Bertz CT molecular complexity index is 1280. The topological polar surface area (TPSA) is 72.2 Å². The van der Waals surface area contributed by atoms with Gasteiger partial charge in [-0.3, -0.25) is 9.59 Å². The molecule has 6 heteroatoms. The molecule has 1 aliphatic heterocycles. The number of para-hydroxylation sites is 1. The Morgan fingerprint density at radius 1 is 0.862 bits per heavy atom. The highest BCUT2D eigenvalue weighted by molar-refractivity contribution is 5.99. The minimum atomic E-state index is -0.135. The van der Waals surface area contributed by atoms with Crippen molar-refractivity contribution in [3.8, 4) is 11.3 Å². The third-order valence-electron chi connectivity index (χ3n) is 5.70. The van der Waals surface area contributed by atoms with Crippen molar-refractivity contribution in [2.24, 2.45) is 0 Å². The summed E-state index contributed by atoms with van der Waals surface area (Å²) in [5.41, 5.74) is 3.54. The molecular formula is C23H22N4O2. The Morgan fingerprint density at radius 3 is 2.45 bits per heavy atom. The van der Waals surface area contributed by atoms with Crippen LogP contribution in [-0.4, -0.2) is 58.9 Å². The lowest BCUT2D eigenvalue weighted by Crippen LogP contribution is -2.47. The average Bonchev–Trinajstić information content (AvgIpc) is 3.16. The molecule has 6 nitrogen and oxygen atoms in total. The van der Waals surface area contributed by atoms with Gasteiger partial charge in [0.05, 0.1) is 11.3 Å². The number of amides is 1. The van der Waals surface area contributed by atoms with E-state index < -0.39 is 0 Å². The fourth-order valence-electron chi connectivity index (χ4n) is 3.94. The van der Waals surface area contributed by atoms with Crippen molar-refractivity contribution in [2.45, 2.75) is 0 Å². The maximum atomic E-state index is 12.9. The summed E-state index contributed by atoms with van der Waals surface area (Å²) in [5, 5.41) is 1.95. The van der Waals surface area contributed by atoms with Gasteiger partial charge in [-0.15, -0.1) is 0 Å². The number of hydrogen-bond acceptors (Lipinski definition) is 3. The van der Waals surface area contributed by atoms with Crippen LogP contribution in [0.3, 0.4) is 0 Å². The van der Waals surface area contributed by atoms with E-state index in [9.17, 15) is 9.59 Å². The van der Waals surface area contributed by atoms with Crippen LogP contribution in [-0.2, 0) is 0 Å². The molecule has 5 rings (SSSR count). The monoisotopic (exact) mass is 386 g/mol. The van der Waals surface area contributed by atoms with Crippen molar-refractivity contribution >= 4 is 27.7 Å². The number of H-pyrrole nitrogens is 2. The van der Waals surface area contributed by atoms with Gasteiger partial charge in [0.15, 0.2) is 0 Å². The van der Waals surface area contributed by atoms with Crippen LogP contribution in [0.4, 0.5) is 0 Å². The summed E-state index contributed by atoms with van der Waals surface area (Å²) < 4.78 is 0. The molecule has 0 atom stereocenters. The number of aromatic amines is 2. The highest BCUT2D eigenvalue weighted by atomic mass is 16.2. The summed E-state index contributed by atoms with van der Waals surface area (Å²) in [6.07, 6.45) is 0. The zero-order valence-corrected chi connectivity index (χ0v) is 16.2. The predicted octanol–water partition coefficient (Wildman–Crippen LogP) is 3.06. The first kappa shape index (κ1) is 17.7. The van der Waals surface area contributed by atoms with E-state index in [0.717, 1.165) is 53.7 Å². The van der Waals surface area contributed by atoms with Crippen molar-refractivity contribution < 1.29 is 4.79 Å². The second kappa shape index (κ2) is 6.90. The molecule has 1 saturated heterocycles. The van der Waals surface area contributed by atoms with E-state index in [4.69, 9.17) is 0 Å². The van der Waals surface area contributed by atoms with Crippen molar-refractivity contribution in [1.82, 2.24) is 19.8 Å². The van der Waals surface area contributed by atoms with Gasteiger partial charge in [0, 0.05) is 48.2 Å². The van der Waals surface area contributed by atoms with Gasteiger partial charge in [-0.05, 0) is 42.8 Å². The number of likely N-dealkylation sites (N-methyl/N-ethyl adjacent to an activating group) is 1. The van der Waals surface area contributed by atoms with Gasteiger partial charge in [-0.2, -0.15) is 0 Å². The lowest BCUT2D eigenvalue weighted by molar-refractivity contribution is 0.0664. The van der Waals surface area contributed by atoms with Crippen molar-refractivity contribution in [2.75, 3.05) is 33.2 Å². The van der Waals surface area contributed by atoms with E-state index in [1.807, 2.05) is 59.5 Å². The number of nitrogens with zero attached hydrogens (tertiary/aromatic N) is 2. The standard InChI is InChI=1S/C23H22N4O2/c1-26-8-10-27(11-9-26)23(29)17-7-6-16-13-21(24-20(16)14-17)18-12-15-4-2-3-5-19(15)25-22(18)28/h2-7,12-14,24H,8-11H2,1H3,(H,25,28). The number of nitrogens with one attached hydrogen (secondary N) is 2. The third-order valence-corrected chi connectivity index (χ3v) is 5.70. The molecule has 0 spiro atoms. The minimum Gasteiger partial charge on any atom is -0.354 e. The summed E-state index contributed by atoms with van der Waals surface area (Å²) in [4.78, 5) is 35.8. The fraction of sp³-hybridized carbons (Fsp3) is 0.217. The summed E-state index contributed by atoms with van der Waals surface area (Å²) in [5.74, 6) is 0.0553. The van der Waals surface area contributed by atoms with Gasteiger partial charge in [0.2, 0.25) is 0 Å². The van der Waals surface area contributed by atoms with Crippen LogP contribution in [0.1, 0.15) is 10.4 Å². The van der Waals surface area contributed by atoms with E-state index in [2.05, 4.69) is 21.9 Å². The Morgan fingerprint density at radius 2 is 1.62 bits per heavy atom. The van der Waals surface area contributed by atoms with Crippen molar-refractivity contribution in [1.29, 1.82) is 0 Å². The quantitative estimate of drug-likeness (QED) is 0.556. The van der Waals surface area contributed by atoms with Crippen molar-refractivity contribution in [3.63, 3.8) is 0 Å². The molecule has 1 fully saturated rings. The van der Waals surface area contributed by atoms with E-state index in [1.165, 1.54) is 0 Å². The molecule has 0 aliphatic carbocycles. The molecular weight excluding hydrogens is 364 g/mol. The van der Waals surface area contributed by atoms with Gasteiger partial charge in [0.25, 0.3) is 11.5 Å². The van der Waals surface area contributed by atoms with Gasteiger partial charge in [-0.25, -0.2) is 0 Å². The van der Waals surface area contributed by atoms with E-state index in [1.54, 1.807) is 0 Å². The molecule has 29 heavy (non-hydrogen) atoms. The fourth-order valence-corrected chi connectivity index (χ4v) is 3.94. The number of aromatic nitrogens is 2. The van der Waals surface area contributed by atoms with Crippen LogP contribution in [0.2, 0.25) is 0 Å². The third kappa shape index (κ3) is 3.21. The van der Waals surface area contributed by atoms with Gasteiger partial charge >= 0.3 is 0 Å². The molecule has 3 heterocycles. The lowest BCUT2D eigenvalue weighted by atomic mass is 10.1. The molecule has 2 N–H and O–H groups in total. The highest BCUT2D eigenvalue weighted by Gasteiger charge is 2.21. The summed E-state index contributed by atoms with van der Waals surface area (Å²) >= 11 is 0. The van der Waals surface area contributed by atoms with E-state index in [0.29, 0.717) is 11.1 Å². The zero-order valence-electron chi connectivity index (χ0n) is 16.2. The van der Waals surface area contributed by atoms with Crippen LogP contribution < -0.4 is 5.56 Å². The van der Waals surface area contributed by atoms with Gasteiger partial charge in [-0.1, -0.05) is 24.3 Å². The van der Waals surface area contributed by atoms with Crippen molar-refractivity contribution in [3.05, 3.63) is 70.5 Å². The first-order valence-electron chi connectivity index (χ1n) is 9.81. The number of pyridine rings is 1. The molecule has 4 aromatic rings. The molecule has 2 aromatic heterocycles. The zero-order chi connectivity index (χ0) is 20.0. The molecule has 1 aliphatic rings. The van der Waals surface area contributed by atoms with Gasteiger partial charge < -0.3 is 19.8 Å². The number of carbonyl (C=O) groups excluding carboxylic acids is 1. The Hall–Kier alpha value is -3.38. The van der Waals surface area contributed by atoms with E-state index >= 15 is 0 Å². The lowest BCUT2D eigenvalue weighted by Gasteiger charge is -2.32.